The second kappa shape index (κ2) is 4.44. The first-order chi connectivity index (χ1) is 6.73. The molecule has 0 aromatic carbocycles. The first-order valence-corrected chi connectivity index (χ1v) is 6.40. The monoisotopic (exact) mass is 368 g/mol. The molecule has 0 fully saturated rings. The highest BCUT2D eigenvalue weighted by molar-refractivity contribution is 14.1. The minimum atomic E-state index is -4.23. The quantitative estimate of drug-likeness (QED) is 0.640. The van der Waals surface area contributed by atoms with Crippen molar-refractivity contribution in [2.24, 2.45) is 5.14 Å². The van der Waals surface area contributed by atoms with Crippen molar-refractivity contribution >= 4 is 44.2 Å². The minimum absolute atomic E-state index is 0.0189. The molecule has 0 saturated carbocycles. The number of alkyl halides is 2. The van der Waals surface area contributed by atoms with Crippen LogP contribution in [-0.2, 0) is 10.0 Å². The molecule has 0 bridgehead atoms. The zero-order valence-electron chi connectivity index (χ0n) is 6.92. The lowest BCUT2D eigenvalue weighted by Crippen LogP contribution is -2.17. The fourth-order valence-corrected chi connectivity index (χ4v) is 3.55. The van der Waals surface area contributed by atoms with E-state index in [0.717, 1.165) is 6.07 Å². The maximum absolute atomic E-state index is 12.5. The topological polar surface area (TPSA) is 73.1 Å². The Balaban J connectivity index is 3.62. The maximum Gasteiger partial charge on any atom is 0.281 e. The number of hydrogen-bond donors (Lipinski definition) is 1. The van der Waals surface area contributed by atoms with Crippen molar-refractivity contribution in [2.45, 2.75) is 11.3 Å². The van der Waals surface area contributed by atoms with E-state index in [1.165, 1.54) is 0 Å². The summed E-state index contributed by atoms with van der Waals surface area (Å²) in [6.07, 6.45) is -3.05. The number of hydrogen-bond acceptors (Lipinski definition) is 3. The standard InChI is InChI=1S/C6H4ClF2IN2O2S/c7-3-1-2(10)5(15(11,13)14)4(12-3)6(8)9/h1,6H,(H2,11,13,14). The number of rotatable bonds is 2. The molecule has 0 radical (unpaired) electrons. The summed E-state index contributed by atoms with van der Waals surface area (Å²) in [7, 11) is -4.23. The zero-order valence-corrected chi connectivity index (χ0v) is 10.6. The third kappa shape index (κ3) is 2.95. The molecule has 2 N–H and O–H groups in total. The molecule has 0 aliphatic heterocycles. The summed E-state index contributed by atoms with van der Waals surface area (Å²) in [5, 5.41) is 4.59. The highest BCUT2D eigenvalue weighted by Crippen LogP contribution is 2.29. The average Bonchev–Trinajstić information content (AvgIpc) is 1.99. The summed E-state index contributed by atoms with van der Waals surface area (Å²) in [6.45, 7) is 0. The predicted octanol–water partition coefficient (Wildman–Crippen LogP) is 1.92. The molecule has 0 spiro atoms. The Morgan fingerprint density at radius 2 is 2.07 bits per heavy atom. The van der Waals surface area contributed by atoms with Crippen molar-refractivity contribution in [3.05, 3.63) is 20.5 Å². The smallest absolute Gasteiger partial charge is 0.234 e. The van der Waals surface area contributed by atoms with Gasteiger partial charge in [0, 0.05) is 3.57 Å². The molecule has 0 aliphatic rings. The van der Waals surface area contributed by atoms with Gasteiger partial charge in [0.05, 0.1) is 0 Å². The van der Waals surface area contributed by atoms with Gasteiger partial charge < -0.3 is 0 Å². The van der Waals surface area contributed by atoms with Crippen LogP contribution in [-0.4, -0.2) is 13.4 Å². The molecule has 1 aromatic rings. The Morgan fingerprint density at radius 1 is 1.53 bits per heavy atom. The van der Waals surface area contributed by atoms with Crippen LogP contribution in [0, 0.1) is 3.57 Å². The number of aromatic nitrogens is 1. The van der Waals surface area contributed by atoms with E-state index in [9.17, 15) is 17.2 Å². The van der Waals surface area contributed by atoms with E-state index < -0.39 is 27.0 Å². The molecule has 15 heavy (non-hydrogen) atoms. The fourth-order valence-electron chi connectivity index (χ4n) is 0.920. The summed E-state index contributed by atoms with van der Waals surface area (Å²) in [4.78, 5) is 2.57. The summed E-state index contributed by atoms with van der Waals surface area (Å²) in [5.41, 5.74) is -0.922. The van der Waals surface area contributed by atoms with Crippen LogP contribution < -0.4 is 5.14 Å². The molecular formula is C6H4ClF2IN2O2S. The Morgan fingerprint density at radius 3 is 2.47 bits per heavy atom. The van der Waals surface area contributed by atoms with Crippen LogP contribution in [0.1, 0.15) is 12.1 Å². The van der Waals surface area contributed by atoms with Crippen LogP contribution in [0.15, 0.2) is 11.0 Å². The normalized spacial score (nSPS) is 12.1. The van der Waals surface area contributed by atoms with Gasteiger partial charge in [-0.25, -0.2) is 27.3 Å². The van der Waals surface area contributed by atoms with Crippen LogP contribution in [0.2, 0.25) is 5.15 Å². The van der Waals surface area contributed by atoms with E-state index in [4.69, 9.17) is 16.7 Å². The molecule has 0 unspecified atom stereocenters. The summed E-state index contributed by atoms with van der Waals surface area (Å²) in [5.74, 6) is 0. The third-order valence-corrected chi connectivity index (χ3v) is 3.82. The second-order valence-corrected chi connectivity index (χ2v) is 5.53. The predicted molar refractivity (Wildman–Crippen MR) is 58.3 cm³/mol. The van der Waals surface area contributed by atoms with Gasteiger partial charge in [-0.2, -0.15) is 0 Å². The van der Waals surface area contributed by atoms with Crippen molar-refractivity contribution in [2.75, 3.05) is 0 Å². The van der Waals surface area contributed by atoms with Gasteiger partial charge in [-0.05, 0) is 28.7 Å². The van der Waals surface area contributed by atoms with E-state index in [1.54, 1.807) is 22.6 Å². The SMILES string of the molecule is NS(=O)(=O)c1c(I)cc(Cl)nc1C(F)F. The molecule has 0 amide bonds. The van der Waals surface area contributed by atoms with Crippen molar-refractivity contribution in [3.63, 3.8) is 0 Å². The van der Waals surface area contributed by atoms with E-state index in [2.05, 4.69) is 4.98 Å². The molecule has 1 rings (SSSR count). The van der Waals surface area contributed by atoms with E-state index >= 15 is 0 Å². The van der Waals surface area contributed by atoms with Gasteiger partial charge in [0.2, 0.25) is 10.0 Å². The van der Waals surface area contributed by atoms with Crippen LogP contribution in [0.25, 0.3) is 0 Å². The molecule has 9 heteroatoms. The van der Waals surface area contributed by atoms with Gasteiger partial charge >= 0.3 is 0 Å². The number of sulfonamides is 1. The Labute approximate surface area is 103 Å². The Hall–Kier alpha value is -0.0600. The van der Waals surface area contributed by atoms with Gasteiger partial charge in [-0.15, -0.1) is 0 Å². The molecular weight excluding hydrogens is 364 g/mol. The molecule has 0 aliphatic carbocycles. The van der Waals surface area contributed by atoms with E-state index in [-0.39, 0.29) is 8.72 Å². The van der Waals surface area contributed by atoms with Crippen molar-refractivity contribution in [3.8, 4) is 0 Å². The van der Waals surface area contributed by atoms with Gasteiger partial charge in [-0.3, -0.25) is 0 Å². The Bertz CT molecular complexity index is 494. The van der Waals surface area contributed by atoms with E-state index in [0.29, 0.717) is 0 Å². The lowest BCUT2D eigenvalue weighted by atomic mass is 10.3. The number of nitrogens with zero attached hydrogens (tertiary/aromatic N) is 1. The van der Waals surface area contributed by atoms with Crippen LogP contribution in [0.4, 0.5) is 8.78 Å². The van der Waals surface area contributed by atoms with Gasteiger partial charge in [0.1, 0.15) is 15.7 Å². The number of halogens is 4. The van der Waals surface area contributed by atoms with Gasteiger partial charge in [0.25, 0.3) is 6.43 Å². The highest BCUT2D eigenvalue weighted by Gasteiger charge is 2.25. The first-order valence-electron chi connectivity index (χ1n) is 3.40. The largest absolute Gasteiger partial charge is 0.281 e. The first kappa shape index (κ1) is 13.0. The zero-order chi connectivity index (χ0) is 11.8. The highest BCUT2D eigenvalue weighted by atomic mass is 127. The van der Waals surface area contributed by atoms with Crippen LogP contribution in [0.3, 0.4) is 0 Å². The summed E-state index contributed by atoms with van der Waals surface area (Å²) < 4.78 is 47.1. The van der Waals surface area contributed by atoms with Crippen LogP contribution >= 0.6 is 34.2 Å². The van der Waals surface area contributed by atoms with Gasteiger partial charge in [0.15, 0.2) is 0 Å². The molecule has 4 nitrogen and oxygen atoms in total. The number of primary sulfonamides is 1. The molecule has 0 atom stereocenters. The molecule has 84 valence electrons. The van der Waals surface area contributed by atoms with Gasteiger partial charge in [-0.1, -0.05) is 11.6 Å². The fraction of sp³-hybridized carbons (Fsp3) is 0.167. The maximum atomic E-state index is 12.5. The average molecular weight is 369 g/mol. The minimum Gasteiger partial charge on any atom is -0.234 e. The summed E-state index contributed by atoms with van der Waals surface area (Å²) in [6, 6.07) is 1.15. The molecule has 0 saturated heterocycles. The van der Waals surface area contributed by atoms with Crippen molar-refractivity contribution < 1.29 is 17.2 Å². The number of pyridine rings is 1. The van der Waals surface area contributed by atoms with Crippen molar-refractivity contribution in [1.29, 1.82) is 0 Å². The lowest BCUT2D eigenvalue weighted by molar-refractivity contribution is 0.142. The second-order valence-electron chi connectivity index (χ2n) is 2.49. The molecule has 1 heterocycles. The third-order valence-electron chi connectivity index (χ3n) is 1.41. The van der Waals surface area contributed by atoms with Crippen LogP contribution in [0.5, 0.6) is 0 Å². The number of nitrogens with two attached hydrogens (primary N) is 1. The molecule has 1 aromatic heterocycles. The Kier molecular flexibility index (Phi) is 3.85. The summed E-state index contributed by atoms with van der Waals surface area (Å²) >= 11 is 6.98. The van der Waals surface area contributed by atoms with Crippen molar-refractivity contribution in [1.82, 2.24) is 4.98 Å². The van der Waals surface area contributed by atoms with E-state index in [1.807, 2.05) is 0 Å². The lowest BCUT2D eigenvalue weighted by Gasteiger charge is -2.08.